The van der Waals surface area contributed by atoms with Gasteiger partial charge in [-0.1, -0.05) is 42.7 Å². The Bertz CT molecular complexity index is 379. The van der Waals surface area contributed by atoms with Crippen molar-refractivity contribution in [3.8, 4) is 0 Å². The maximum Gasteiger partial charge on any atom is 0.00694 e. The first-order chi connectivity index (χ1) is 9.15. The Labute approximate surface area is 118 Å². The summed E-state index contributed by atoms with van der Waals surface area (Å²) in [5.74, 6) is 0.918. The predicted octanol–water partition coefficient (Wildman–Crippen LogP) is 4.48. The van der Waals surface area contributed by atoms with Crippen molar-refractivity contribution in [3.05, 3.63) is 35.4 Å². The highest BCUT2D eigenvalue weighted by Crippen LogP contribution is 2.27. The molecule has 0 aromatic heterocycles. The molecule has 1 aromatic rings. The molecule has 1 nitrogen and oxygen atoms in total. The molecule has 2 atom stereocenters. The maximum absolute atomic E-state index is 3.81. The SMILES string of the molecule is Cc1cccc(CCC(C)NC(C)C2CCCC2)c1. The van der Waals surface area contributed by atoms with Gasteiger partial charge in [-0.25, -0.2) is 0 Å². The topological polar surface area (TPSA) is 12.0 Å². The van der Waals surface area contributed by atoms with Crippen LogP contribution in [0.4, 0.5) is 0 Å². The van der Waals surface area contributed by atoms with Gasteiger partial charge in [0.15, 0.2) is 0 Å². The van der Waals surface area contributed by atoms with Gasteiger partial charge in [-0.3, -0.25) is 0 Å². The van der Waals surface area contributed by atoms with E-state index in [1.54, 1.807) is 0 Å². The average Bonchev–Trinajstić information content (AvgIpc) is 2.90. The molecule has 1 saturated carbocycles. The van der Waals surface area contributed by atoms with Crippen LogP contribution < -0.4 is 5.32 Å². The van der Waals surface area contributed by atoms with Crippen LogP contribution in [0.1, 0.15) is 57.1 Å². The van der Waals surface area contributed by atoms with Crippen molar-refractivity contribution >= 4 is 0 Å². The van der Waals surface area contributed by atoms with E-state index in [-0.39, 0.29) is 0 Å². The molecule has 1 fully saturated rings. The molecule has 19 heavy (non-hydrogen) atoms. The summed E-state index contributed by atoms with van der Waals surface area (Å²) in [5, 5.41) is 3.81. The van der Waals surface area contributed by atoms with Crippen LogP contribution in [-0.2, 0) is 6.42 Å². The molecule has 1 aliphatic rings. The Kier molecular flexibility index (Phi) is 5.45. The number of hydrogen-bond donors (Lipinski definition) is 1. The number of hydrogen-bond acceptors (Lipinski definition) is 1. The molecule has 1 heteroatoms. The third kappa shape index (κ3) is 4.65. The molecular weight excluding hydrogens is 230 g/mol. The maximum atomic E-state index is 3.81. The van der Waals surface area contributed by atoms with Crippen molar-refractivity contribution in [2.45, 2.75) is 71.4 Å². The van der Waals surface area contributed by atoms with Gasteiger partial charge >= 0.3 is 0 Å². The van der Waals surface area contributed by atoms with Gasteiger partial charge in [0.1, 0.15) is 0 Å². The molecule has 0 spiro atoms. The minimum Gasteiger partial charge on any atom is -0.311 e. The smallest absolute Gasteiger partial charge is 0.00694 e. The summed E-state index contributed by atoms with van der Waals surface area (Å²) in [4.78, 5) is 0. The highest BCUT2D eigenvalue weighted by molar-refractivity contribution is 5.22. The van der Waals surface area contributed by atoms with Crippen LogP contribution in [-0.4, -0.2) is 12.1 Å². The molecule has 1 aromatic carbocycles. The first-order valence-corrected chi connectivity index (χ1v) is 7.97. The third-order valence-electron chi connectivity index (χ3n) is 4.60. The first-order valence-electron chi connectivity index (χ1n) is 7.97. The van der Waals surface area contributed by atoms with Crippen LogP contribution >= 0.6 is 0 Å². The summed E-state index contributed by atoms with van der Waals surface area (Å²) in [7, 11) is 0. The molecule has 0 saturated heterocycles. The van der Waals surface area contributed by atoms with Crippen LogP contribution in [0.5, 0.6) is 0 Å². The second-order valence-electron chi connectivity index (χ2n) is 6.43. The van der Waals surface area contributed by atoms with Gasteiger partial charge in [0.2, 0.25) is 0 Å². The van der Waals surface area contributed by atoms with Crippen molar-refractivity contribution in [3.63, 3.8) is 0 Å². The third-order valence-corrected chi connectivity index (χ3v) is 4.60. The molecule has 106 valence electrons. The second kappa shape index (κ2) is 7.09. The molecule has 0 amide bonds. The van der Waals surface area contributed by atoms with Crippen molar-refractivity contribution < 1.29 is 0 Å². The molecule has 0 bridgehead atoms. The second-order valence-corrected chi connectivity index (χ2v) is 6.43. The zero-order valence-corrected chi connectivity index (χ0v) is 12.8. The van der Waals surface area contributed by atoms with E-state index < -0.39 is 0 Å². The van der Waals surface area contributed by atoms with E-state index >= 15 is 0 Å². The summed E-state index contributed by atoms with van der Waals surface area (Å²) >= 11 is 0. The van der Waals surface area contributed by atoms with Gasteiger partial charge in [0.05, 0.1) is 0 Å². The Hall–Kier alpha value is -0.820. The van der Waals surface area contributed by atoms with Gasteiger partial charge in [0, 0.05) is 12.1 Å². The van der Waals surface area contributed by atoms with Gasteiger partial charge in [-0.15, -0.1) is 0 Å². The molecule has 0 heterocycles. The fourth-order valence-corrected chi connectivity index (χ4v) is 3.38. The lowest BCUT2D eigenvalue weighted by molar-refractivity contribution is 0.341. The van der Waals surface area contributed by atoms with Crippen LogP contribution in [0.2, 0.25) is 0 Å². The normalized spacial score (nSPS) is 19.5. The molecule has 1 N–H and O–H groups in total. The Morgan fingerprint density at radius 2 is 1.95 bits per heavy atom. The number of nitrogens with one attached hydrogen (secondary N) is 1. The minimum absolute atomic E-state index is 0.621. The van der Waals surface area contributed by atoms with Crippen molar-refractivity contribution in [1.29, 1.82) is 0 Å². The fraction of sp³-hybridized carbons (Fsp3) is 0.667. The van der Waals surface area contributed by atoms with Crippen molar-refractivity contribution in [2.24, 2.45) is 5.92 Å². The predicted molar refractivity (Wildman–Crippen MR) is 83.5 cm³/mol. The molecule has 0 aliphatic heterocycles. The lowest BCUT2D eigenvalue weighted by Gasteiger charge is -2.25. The quantitative estimate of drug-likeness (QED) is 0.794. The zero-order valence-electron chi connectivity index (χ0n) is 12.8. The molecular formula is C18H29N. The van der Waals surface area contributed by atoms with Crippen LogP contribution in [0, 0.1) is 12.8 Å². The lowest BCUT2D eigenvalue weighted by atomic mass is 9.98. The van der Waals surface area contributed by atoms with Crippen molar-refractivity contribution in [2.75, 3.05) is 0 Å². The van der Waals surface area contributed by atoms with Gasteiger partial charge in [-0.2, -0.15) is 0 Å². The van der Waals surface area contributed by atoms with Crippen LogP contribution in [0.25, 0.3) is 0 Å². The fourth-order valence-electron chi connectivity index (χ4n) is 3.38. The van der Waals surface area contributed by atoms with Gasteiger partial charge in [-0.05, 0) is 57.9 Å². The zero-order chi connectivity index (χ0) is 13.7. The largest absolute Gasteiger partial charge is 0.311 e. The number of rotatable bonds is 6. The summed E-state index contributed by atoms with van der Waals surface area (Å²) in [6, 6.07) is 10.2. The summed E-state index contributed by atoms with van der Waals surface area (Å²) < 4.78 is 0. The summed E-state index contributed by atoms with van der Waals surface area (Å²) in [6.45, 7) is 6.88. The number of benzene rings is 1. The molecule has 0 radical (unpaired) electrons. The number of aryl methyl sites for hydroxylation is 2. The van der Waals surface area contributed by atoms with E-state index in [0.717, 1.165) is 5.92 Å². The Morgan fingerprint density at radius 1 is 1.21 bits per heavy atom. The van der Waals surface area contributed by atoms with Gasteiger partial charge < -0.3 is 5.32 Å². The standard InChI is InChI=1S/C18H29N/c1-14-7-6-8-17(13-14)12-11-15(2)19-16(3)18-9-4-5-10-18/h6-8,13,15-16,18-19H,4-5,9-12H2,1-3H3. The van der Waals surface area contributed by atoms with E-state index in [1.807, 2.05) is 0 Å². The van der Waals surface area contributed by atoms with Gasteiger partial charge in [0.25, 0.3) is 0 Å². The monoisotopic (exact) mass is 259 g/mol. The molecule has 1 aliphatic carbocycles. The summed E-state index contributed by atoms with van der Waals surface area (Å²) in [6.07, 6.45) is 8.16. The van der Waals surface area contributed by atoms with Crippen LogP contribution in [0.3, 0.4) is 0 Å². The molecule has 2 unspecified atom stereocenters. The van der Waals surface area contributed by atoms with Crippen LogP contribution in [0.15, 0.2) is 24.3 Å². The van der Waals surface area contributed by atoms with E-state index in [2.05, 4.69) is 50.4 Å². The minimum atomic E-state index is 0.621. The first kappa shape index (κ1) is 14.6. The van der Waals surface area contributed by atoms with E-state index in [9.17, 15) is 0 Å². The van der Waals surface area contributed by atoms with E-state index in [4.69, 9.17) is 0 Å². The Balaban J connectivity index is 1.73. The lowest BCUT2D eigenvalue weighted by Crippen LogP contribution is -2.38. The van der Waals surface area contributed by atoms with Crippen molar-refractivity contribution in [1.82, 2.24) is 5.32 Å². The van der Waals surface area contributed by atoms with E-state index in [0.29, 0.717) is 12.1 Å². The summed E-state index contributed by atoms with van der Waals surface area (Å²) in [5.41, 5.74) is 2.85. The average molecular weight is 259 g/mol. The highest BCUT2D eigenvalue weighted by Gasteiger charge is 2.22. The van der Waals surface area contributed by atoms with E-state index in [1.165, 1.54) is 49.7 Å². The Morgan fingerprint density at radius 3 is 2.63 bits per heavy atom. The highest BCUT2D eigenvalue weighted by atomic mass is 14.9. The molecule has 2 rings (SSSR count).